The number of pyridine rings is 1. The van der Waals surface area contributed by atoms with E-state index in [1.54, 1.807) is 13.8 Å². The Bertz CT molecular complexity index is 882. The van der Waals surface area contributed by atoms with E-state index >= 15 is 0 Å². The van der Waals surface area contributed by atoms with Gasteiger partial charge in [-0.15, -0.1) is 0 Å². The summed E-state index contributed by atoms with van der Waals surface area (Å²) in [5, 5.41) is 2.60. The molecule has 5 nitrogen and oxygen atoms in total. The average Bonchev–Trinajstić information content (AvgIpc) is 2.65. The van der Waals surface area contributed by atoms with Crippen LogP contribution in [0.4, 0.5) is 23.4 Å². The second-order valence-electron chi connectivity index (χ2n) is 6.59. The number of hydrogen-bond acceptors (Lipinski definition) is 4. The third-order valence-corrected chi connectivity index (χ3v) is 3.92. The van der Waals surface area contributed by atoms with Crippen LogP contribution in [0.3, 0.4) is 0 Å². The monoisotopic (exact) mass is 412 g/mol. The summed E-state index contributed by atoms with van der Waals surface area (Å²) in [6.45, 7) is 3.41. The van der Waals surface area contributed by atoms with E-state index in [4.69, 9.17) is 4.74 Å². The number of amides is 1. The number of alkyl halides is 3. The minimum absolute atomic E-state index is 0.0456. The lowest BCUT2D eigenvalue weighted by Crippen LogP contribution is -2.18. The smallest absolute Gasteiger partial charge is 0.416 e. The first-order valence-electron chi connectivity index (χ1n) is 8.87. The molecular weight excluding hydrogens is 392 g/mol. The van der Waals surface area contributed by atoms with Gasteiger partial charge in [-0.2, -0.15) is 13.2 Å². The summed E-state index contributed by atoms with van der Waals surface area (Å²) in [6, 6.07) is 4.97. The fourth-order valence-corrected chi connectivity index (χ4v) is 2.30. The van der Waals surface area contributed by atoms with E-state index in [9.17, 15) is 27.2 Å². The van der Waals surface area contributed by atoms with Crippen molar-refractivity contribution in [1.82, 2.24) is 4.98 Å². The Morgan fingerprint density at radius 3 is 2.52 bits per heavy atom. The van der Waals surface area contributed by atoms with Crippen LogP contribution in [0.1, 0.15) is 42.6 Å². The SMILES string of the molecule is CC(C)C(=O)Nc1cc(C(=O)CCCOc2ccc(C(F)(F)F)cc2F)ccn1. The van der Waals surface area contributed by atoms with Crippen molar-refractivity contribution in [3.8, 4) is 5.75 Å². The van der Waals surface area contributed by atoms with E-state index in [0.717, 1.165) is 12.1 Å². The fraction of sp³-hybridized carbons (Fsp3) is 0.350. The fourth-order valence-electron chi connectivity index (χ4n) is 2.30. The summed E-state index contributed by atoms with van der Waals surface area (Å²) in [4.78, 5) is 27.9. The van der Waals surface area contributed by atoms with Gasteiger partial charge in [0.15, 0.2) is 17.3 Å². The number of rotatable bonds is 8. The van der Waals surface area contributed by atoms with Crippen molar-refractivity contribution < 1.29 is 31.9 Å². The summed E-state index contributed by atoms with van der Waals surface area (Å²) in [6.07, 6.45) is -2.93. The van der Waals surface area contributed by atoms with Crippen molar-refractivity contribution in [3.05, 3.63) is 53.5 Å². The molecule has 1 N–H and O–H groups in total. The summed E-state index contributed by atoms with van der Waals surface area (Å²) in [5.41, 5.74) is -0.754. The molecule has 0 spiro atoms. The third-order valence-electron chi connectivity index (χ3n) is 3.92. The molecule has 1 amide bonds. The zero-order chi connectivity index (χ0) is 21.6. The van der Waals surface area contributed by atoms with Crippen LogP contribution in [0.25, 0.3) is 0 Å². The number of carbonyl (C=O) groups is 2. The lowest BCUT2D eigenvalue weighted by molar-refractivity contribution is -0.137. The number of hydrogen-bond donors (Lipinski definition) is 1. The Balaban J connectivity index is 1.87. The number of ketones is 1. The van der Waals surface area contributed by atoms with Gasteiger partial charge in [-0.3, -0.25) is 9.59 Å². The average molecular weight is 412 g/mol. The van der Waals surface area contributed by atoms with Crippen molar-refractivity contribution >= 4 is 17.5 Å². The molecule has 0 atom stereocenters. The normalized spacial score (nSPS) is 11.4. The first kappa shape index (κ1) is 22.3. The van der Waals surface area contributed by atoms with Crippen LogP contribution in [0, 0.1) is 11.7 Å². The summed E-state index contributed by atoms with van der Waals surface area (Å²) < 4.78 is 56.4. The van der Waals surface area contributed by atoms with E-state index in [1.165, 1.54) is 18.3 Å². The molecule has 29 heavy (non-hydrogen) atoms. The van der Waals surface area contributed by atoms with Gasteiger partial charge < -0.3 is 10.1 Å². The maximum Gasteiger partial charge on any atom is 0.416 e. The first-order valence-corrected chi connectivity index (χ1v) is 8.87. The highest BCUT2D eigenvalue weighted by Gasteiger charge is 2.31. The van der Waals surface area contributed by atoms with Gasteiger partial charge in [0.1, 0.15) is 5.82 Å². The standard InChI is InChI=1S/C20H20F4N2O3/c1-12(2)19(28)26-18-10-13(7-8-25-18)16(27)4-3-9-29-17-6-5-14(11-15(17)21)20(22,23)24/h5-8,10-12H,3-4,9H2,1-2H3,(H,25,26,28). The van der Waals surface area contributed by atoms with Crippen molar-refractivity contribution in [2.24, 2.45) is 5.92 Å². The summed E-state index contributed by atoms with van der Waals surface area (Å²) in [5.74, 6) is -1.87. The van der Waals surface area contributed by atoms with Crippen molar-refractivity contribution in [3.63, 3.8) is 0 Å². The lowest BCUT2D eigenvalue weighted by Gasteiger charge is -2.10. The van der Waals surface area contributed by atoms with Crippen LogP contribution in [0.5, 0.6) is 5.75 Å². The lowest BCUT2D eigenvalue weighted by atomic mass is 10.1. The Hall–Kier alpha value is -2.97. The van der Waals surface area contributed by atoms with Crippen molar-refractivity contribution in [1.29, 1.82) is 0 Å². The largest absolute Gasteiger partial charge is 0.491 e. The highest BCUT2D eigenvalue weighted by atomic mass is 19.4. The number of aromatic nitrogens is 1. The van der Waals surface area contributed by atoms with Gasteiger partial charge in [-0.1, -0.05) is 13.8 Å². The molecule has 0 fully saturated rings. The number of benzene rings is 1. The quantitative estimate of drug-likeness (QED) is 0.381. The van der Waals surface area contributed by atoms with Gasteiger partial charge in [0.2, 0.25) is 5.91 Å². The topological polar surface area (TPSA) is 68.3 Å². The van der Waals surface area contributed by atoms with Gasteiger partial charge in [-0.25, -0.2) is 9.37 Å². The van der Waals surface area contributed by atoms with Crippen LogP contribution >= 0.6 is 0 Å². The van der Waals surface area contributed by atoms with Crippen LogP contribution < -0.4 is 10.1 Å². The van der Waals surface area contributed by atoms with Gasteiger partial charge in [0.25, 0.3) is 0 Å². The number of Topliss-reactive ketones (excluding diaryl/α,β-unsaturated/α-hetero) is 1. The van der Waals surface area contributed by atoms with Crippen molar-refractivity contribution in [2.75, 3.05) is 11.9 Å². The van der Waals surface area contributed by atoms with E-state index < -0.39 is 17.6 Å². The molecule has 156 valence electrons. The maximum absolute atomic E-state index is 13.7. The molecule has 1 aromatic carbocycles. The molecule has 0 aliphatic heterocycles. The maximum atomic E-state index is 13.7. The van der Waals surface area contributed by atoms with Gasteiger partial charge in [-0.05, 0) is 36.8 Å². The number of nitrogens with zero attached hydrogens (tertiary/aromatic N) is 1. The molecular formula is C20H20F4N2O3. The van der Waals surface area contributed by atoms with Crippen LogP contribution in [0.15, 0.2) is 36.5 Å². The molecule has 0 saturated heterocycles. The summed E-state index contributed by atoms with van der Waals surface area (Å²) >= 11 is 0. The molecule has 0 bridgehead atoms. The molecule has 1 heterocycles. The highest BCUT2D eigenvalue weighted by Crippen LogP contribution is 2.32. The van der Waals surface area contributed by atoms with E-state index in [2.05, 4.69) is 10.3 Å². The van der Waals surface area contributed by atoms with E-state index in [1.807, 2.05) is 0 Å². The van der Waals surface area contributed by atoms with Crippen LogP contribution in [-0.4, -0.2) is 23.3 Å². The molecule has 0 radical (unpaired) electrons. The highest BCUT2D eigenvalue weighted by molar-refractivity contribution is 5.98. The molecule has 0 aliphatic carbocycles. The number of anilines is 1. The third kappa shape index (κ3) is 6.55. The molecule has 2 rings (SSSR count). The Morgan fingerprint density at radius 2 is 1.90 bits per heavy atom. The first-order chi connectivity index (χ1) is 13.6. The predicted molar refractivity (Wildman–Crippen MR) is 98.2 cm³/mol. The van der Waals surface area contributed by atoms with Gasteiger partial charge in [0.05, 0.1) is 12.2 Å². The molecule has 1 aromatic heterocycles. The molecule has 0 unspecified atom stereocenters. The van der Waals surface area contributed by atoms with Gasteiger partial charge >= 0.3 is 6.18 Å². The van der Waals surface area contributed by atoms with Gasteiger partial charge in [0, 0.05) is 24.1 Å². The minimum atomic E-state index is -4.64. The second-order valence-corrected chi connectivity index (χ2v) is 6.59. The molecule has 2 aromatic rings. The predicted octanol–water partition coefficient (Wildman–Crippen LogP) is 4.88. The number of halogens is 4. The van der Waals surface area contributed by atoms with Crippen molar-refractivity contribution in [2.45, 2.75) is 32.9 Å². The minimum Gasteiger partial charge on any atom is -0.491 e. The Morgan fingerprint density at radius 1 is 1.17 bits per heavy atom. The molecule has 0 aliphatic rings. The molecule has 9 heteroatoms. The van der Waals surface area contributed by atoms with Crippen LogP contribution in [-0.2, 0) is 11.0 Å². The van der Waals surface area contributed by atoms with Crippen LogP contribution in [0.2, 0.25) is 0 Å². The Kier molecular flexibility index (Phi) is 7.30. The number of nitrogens with one attached hydrogen (secondary N) is 1. The number of ether oxygens (including phenoxy) is 1. The molecule has 0 saturated carbocycles. The summed E-state index contributed by atoms with van der Waals surface area (Å²) in [7, 11) is 0. The zero-order valence-corrected chi connectivity index (χ0v) is 15.8. The Labute approximate surface area is 165 Å². The zero-order valence-electron chi connectivity index (χ0n) is 15.8. The van der Waals surface area contributed by atoms with E-state index in [0.29, 0.717) is 11.6 Å². The second kappa shape index (κ2) is 9.49. The van der Waals surface area contributed by atoms with E-state index in [-0.39, 0.29) is 48.6 Å². The number of carbonyl (C=O) groups excluding carboxylic acids is 2.